The maximum atomic E-state index is 12.1. The van der Waals surface area contributed by atoms with Crippen molar-refractivity contribution in [1.29, 1.82) is 0 Å². The number of ether oxygens (including phenoxy) is 1. The van der Waals surface area contributed by atoms with Gasteiger partial charge in [-0.05, 0) is 48.4 Å². The van der Waals surface area contributed by atoms with Crippen molar-refractivity contribution in [3.8, 4) is 0 Å². The van der Waals surface area contributed by atoms with Crippen LogP contribution in [0.2, 0.25) is 0 Å². The van der Waals surface area contributed by atoms with Crippen LogP contribution in [0.4, 0.5) is 5.69 Å². The highest BCUT2D eigenvalue weighted by atomic mass is 32.1. The van der Waals surface area contributed by atoms with Crippen LogP contribution in [0.25, 0.3) is 0 Å². The summed E-state index contributed by atoms with van der Waals surface area (Å²) in [4.78, 5) is 35.2. The molecule has 23 heavy (non-hydrogen) atoms. The van der Waals surface area contributed by atoms with Crippen LogP contribution in [0.5, 0.6) is 0 Å². The van der Waals surface area contributed by atoms with Gasteiger partial charge in [0.25, 0.3) is 5.91 Å². The van der Waals surface area contributed by atoms with Crippen LogP contribution < -0.4 is 5.32 Å². The van der Waals surface area contributed by atoms with Gasteiger partial charge >= 0.3 is 5.97 Å². The van der Waals surface area contributed by atoms with Crippen LogP contribution in [0, 0.1) is 0 Å². The van der Waals surface area contributed by atoms with Crippen molar-refractivity contribution in [3.63, 3.8) is 0 Å². The van der Waals surface area contributed by atoms with Crippen LogP contribution in [0.3, 0.4) is 0 Å². The Bertz CT molecular complexity index is 709. The molecule has 2 rings (SSSR count). The number of ketones is 1. The van der Waals surface area contributed by atoms with E-state index in [1.165, 1.54) is 25.2 Å². The van der Waals surface area contributed by atoms with E-state index in [0.717, 1.165) is 5.56 Å². The first-order valence-electron chi connectivity index (χ1n) is 7.08. The lowest BCUT2D eigenvalue weighted by molar-refractivity contribution is -0.152. The molecule has 0 aliphatic rings. The first-order valence-corrected chi connectivity index (χ1v) is 8.02. The number of hydrogen-bond donors (Lipinski definition) is 1. The summed E-state index contributed by atoms with van der Waals surface area (Å²) in [5, 5.41) is 6.37. The van der Waals surface area contributed by atoms with Gasteiger partial charge in [0.2, 0.25) is 0 Å². The van der Waals surface area contributed by atoms with Gasteiger partial charge in [-0.3, -0.25) is 14.4 Å². The summed E-state index contributed by atoms with van der Waals surface area (Å²) in [6.07, 6.45) is -0.775. The van der Waals surface area contributed by atoms with E-state index < -0.39 is 18.0 Å². The van der Waals surface area contributed by atoms with Gasteiger partial charge < -0.3 is 10.1 Å². The molecule has 1 amide bonds. The highest BCUT2D eigenvalue weighted by molar-refractivity contribution is 7.07. The van der Waals surface area contributed by atoms with Gasteiger partial charge in [-0.1, -0.05) is 12.1 Å². The fourth-order valence-corrected chi connectivity index (χ4v) is 2.58. The Hall–Kier alpha value is -2.47. The maximum Gasteiger partial charge on any atom is 0.311 e. The van der Waals surface area contributed by atoms with Gasteiger partial charge in [0.1, 0.15) is 0 Å². The molecule has 1 aromatic heterocycles. The molecule has 0 spiro atoms. The molecule has 0 aliphatic carbocycles. The molecule has 120 valence electrons. The highest BCUT2D eigenvalue weighted by Gasteiger charge is 2.18. The Kier molecular flexibility index (Phi) is 5.65. The van der Waals surface area contributed by atoms with Crippen LogP contribution in [-0.4, -0.2) is 23.8 Å². The van der Waals surface area contributed by atoms with Gasteiger partial charge in [-0.25, -0.2) is 0 Å². The van der Waals surface area contributed by atoms with Gasteiger partial charge in [-0.2, -0.15) is 11.3 Å². The molecule has 5 nitrogen and oxygen atoms in total. The number of esters is 1. The lowest BCUT2D eigenvalue weighted by atomic mass is 10.1. The lowest BCUT2D eigenvalue weighted by Crippen LogP contribution is -2.30. The Labute approximate surface area is 138 Å². The van der Waals surface area contributed by atoms with Crippen LogP contribution in [0.15, 0.2) is 41.1 Å². The number of anilines is 1. The normalized spacial score (nSPS) is 11.6. The predicted molar refractivity (Wildman–Crippen MR) is 88.7 cm³/mol. The van der Waals surface area contributed by atoms with E-state index in [1.807, 2.05) is 16.8 Å². The summed E-state index contributed by atoms with van der Waals surface area (Å²) >= 11 is 1.50. The Balaban J connectivity index is 1.90. The molecule has 6 heteroatoms. The van der Waals surface area contributed by atoms with E-state index in [9.17, 15) is 14.4 Å². The molecule has 0 aliphatic heterocycles. The molecule has 0 saturated carbocycles. The van der Waals surface area contributed by atoms with Crippen molar-refractivity contribution in [2.24, 2.45) is 0 Å². The Morgan fingerprint density at radius 3 is 2.70 bits per heavy atom. The summed E-state index contributed by atoms with van der Waals surface area (Å²) in [7, 11) is 0. The minimum Gasteiger partial charge on any atom is -0.452 e. The second-order valence-electron chi connectivity index (χ2n) is 5.07. The standard InChI is InChI=1S/C17H17NO4S/c1-11(19)14-4-3-5-15(9-14)18-17(21)12(2)22-16(20)8-13-6-7-23-10-13/h3-7,9-10,12H,8H2,1-2H3,(H,18,21)/t12-/m1/s1. The summed E-state index contributed by atoms with van der Waals surface area (Å²) in [5.41, 5.74) is 1.86. The second-order valence-corrected chi connectivity index (χ2v) is 5.85. The minimum atomic E-state index is -0.915. The molecular formula is C17H17NO4S. The molecule has 2 aromatic rings. The summed E-state index contributed by atoms with van der Waals surface area (Å²) in [6, 6.07) is 8.44. The molecule has 0 unspecified atom stereocenters. The molecule has 1 aromatic carbocycles. The monoisotopic (exact) mass is 331 g/mol. The number of nitrogens with one attached hydrogen (secondary N) is 1. The lowest BCUT2D eigenvalue weighted by Gasteiger charge is -2.13. The van der Waals surface area contributed by atoms with E-state index in [-0.39, 0.29) is 12.2 Å². The number of carbonyl (C=O) groups is 3. The van der Waals surface area contributed by atoms with Gasteiger partial charge in [0, 0.05) is 11.3 Å². The van der Waals surface area contributed by atoms with Crippen LogP contribution in [-0.2, 0) is 20.7 Å². The molecule has 1 heterocycles. The van der Waals surface area contributed by atoms with Crippen molar-refractivity contribution in [3.05, 3.63) is 52.2 Å². The second kappa shape index (κ2) is 7.69. The molecule has 0 fully saturated rings. The van der Waals surface area contributed by atoms with Crippen molar-refractivity contribution in [1.82, 2.24) is 0 Å². The Morgan fingerprint density at radius 2 is 2.04 bits per heavy atom. The zero-order chi connectivity index (χ0) is 16.8. The molecule has 0 radical (unpaired) electrons. The summed E-state index contributed by atoms with van der Waals surface area (Å²) in [6.45, 7) is 2.96. The van der Waals surface area contributed by atoms with Gasteiger partial charge in [0.05, 0.1) is 6.42 Å². The van der Waals surface area contributed by atoms with Crippen LogP contribution >= 0.6 is 11.3 Å². The van der Waals surface area contributed by atoms with E-state index in [4.69, 9.17) is 4.74 Å². The van der Waals surface area contributed by atoms with Gasteiger partial charge in [0.15, 0.2) is 11.9 Å². The summed E-state index contributed by atoms with van der Waals surface area (Å²) < 4.78 is 5.12. The molecule has 0 saturated heterocycles. The fourth-order valence-electron chi connectivity index (χ4n) is 1.91. The number of carbonyl (C=O) groups excluding carboxylic acids is 3. The average Bonchev–Trinajstić information content (AvgIpc) is 3.00. The molecule has 0 bridgehead atoms. The van der Waals surface area contributed by atoms with E-state index >= 15 is 0 Å². The van der Waals surface area contributed by atoms with E-state index in [0.29, 0.717) is 11.3 Å². The summed E-state index contributed by atoms with van der Waals surface area (Å²) in [5.74, 6) is -0.982. The van der Waals surface area contributed by atoms with Crippen molar-refractivity contribution in [2.75, 3.05) is 5.32 Å². The van der Waals surface area contributed by atoms with E-state index in [1.54, 1.807) is 24.3 Å². The zero-order valence-corrected chi connectivity index (χ0v) is 13.7. The third-order valence-corrected chi connectivity index (χ3v) is 3.87. The van der Waals surface area contributed by atoms with Gasteiger partial charge in [-0.15, -0.1) is 0 Å². The number of hydrogen-bond acceptors (Lipinski definition) is 5. The Morgan fingerprint density at radius 1 is 1.26 bits per heavy atom. The predicted octanol–water partition coefficient (Wildman–Crippen LogP) is 3.06. The number of Topliss-reactive ketones (excluding diaryl/α,β-unsaturated/α-hetero) is 1. The van der Waals surface area contributed by atoms with E-state index in [2.05, 4.69) is 5.32 Å². The number of benzene rings is 1. The van der Waals surface area contributed by atoms with Crippen molar-refractivity contribution >= 4 is 34.7 Å². The quantitative estimate of drug-likeness (QED) is 0.652. The number of amides is 1. The minimum absolute atomic E-state index is 0.0867. The first-order chi connectivity index (χ1) is 11.0. The van der Waals surface area contributed by atoms with Crippen molar-refractivity contribution in [2.45, 2.75) is 26.4 Å². The zero-order valence-electron chi connectivity index (χ0n) is 12.9. The fraction of sp³-hybridized carbons (Fsp3) is 0.235. The number of rotatable bonds is 6. The SMILES string of the molecule is CC(=O)c1cccc(NC(=O)[C@@H](C)OC(=O)Cc2ccsc2)c1. The largest absolute Gasteiger partial charge is 0.452 e. The maximum absolute atomic E-state index is 12.1. The van der Waals surface area contributed by atoms with Crippen molar-refractivity contribution < 1.29 is 19.1 Å². The average molecular weight is 331 g/mol. The number of thiophene rings is 1. The smallest absolute Gasteiger partial charge is 0.311 e. The molecular weight excluding hydrogens is 314 g/mol. The molecule has 1 N–H and O–H groups in total. The van der Waals surface area contributed by atoms with Crippen LogP contribution in [0.1, 0.15) is 29.8 Å². The third-order valence-electron chi connectivity index (χ3n) is 3.14. The highest BCUT2D eigenvalue weighted by Crippen LogP contribution is 2.13. The molecule has 1 atom stereocenters. The topological polar surface area (TPSA) is 72.5 Å². The third kappa shape index (κ3) is 5.03. The first kappa shape index (κ1) is 16.9.